The third-order valence-electron chi connectivity index (χ3n) is 6.84. The minimum atomic E-state index is -0.850. The monoisotopic (exact) mass is 612 g/mol. The molecule has 4 aromatic rings. The normalized spacial score (nSPS) is 13.6. The van der Waals surface area contributed by atoms with E-state index < -0.39 is 23.0 Å². The van der Waals surface area contributed by atoms with Gasteiger partial charge < -0.3 is 24.7 Å². The minimum Gasteiger partial charge on any atom is -0.493 e. The number of amides is 1. The lowest BCUT2D eigenvalue weighted by molar-refractivity contribution is -0.104. The third kappa shape index (κ3) is 6.37. The van der Waals surface area contributed by atoms with E-state index in [0.717, 1.165) is 28.0 Å². The number of methoxy groups -OCH3 is 1. The molecule has 1 amide bonds. The second kappa shape index (κ2) is 12.7. The van der Waals surface area contributed by atoms with Crippen LogP contribution in [0.25, 0.3) is 11.3 Å². The van der Waals surface area contributed by atoms with Crippen molar-refractivity contribution in [3.8, 4) is 17.2 Å². The molecule has 5 rings (SSSR count). The maximum absolute atomic E-state index is 13.5. The maximum atomic E-state index is 13.5. The summed E-state index contributed by atoms with van der Waals surface area (Å²) in [4.78, 5) is 44.3. The number of dihydropyridines is 1. The van der Waals surface area contributed by atoms with E-state index in [1.54, 1.807) is 50.7 Å². The molecule has 0 radical (unpaired) electrons. The van der Waals surface area contributed by atoms with Crippen molar-refractivity contribution in [2.75, 3.05) is 12.4 Å². The Hall–Kier alpha value is -5.98. The van der Waals surface area contributed by atoms with Crippen molar-refractivity contribution in [1.82, 2.24) is 24.0 Å². The summed E-state index contributed by atoms with van der Waals surface area (Å²) in [7, 11) is 3.32. The molecule has 0 bridgehead atoms. The molecule has 0 unspecified atom stereocenters. The number of carbonyl (C=O) groups excluding carboxylic acids is 1. The number of nitrogens with one attached hydrogen (secondary N) is 2. The average Bonchev–Trinajstić information content (AvgIpc) is 3.45. The SMILES string of the molecule is COc1cc(NC(=O)c2cn(C(C)C)c(=O)n(-c3ccc(F)cc3)c2=O)ccc1OC1=CC(c2cn(C)cn2)=CN/C1=C\C=[NH2+]. The number of ether oxygens (including phenoxy) is 2. The van der Waals surface area contributed by atoms with Crippen LogP contribution in [0, 0.1) is 5.82 Å². The van der Waals surface area contributed by atoms with E-state index in [2.05, 4.69) is 15.6 Å². The summed E-state index contributed by atoms with van der Waals surface area (Å²) in [5.74, 6) is -0.228. The molecule has 0 aliphatic carbocycles. The number of hydrogen-bond acceptors (Lipinski definition) is 7. The Balaban J connectivity index is 1.45. The number of nitrogens with zero attached hydrogens (tertiary/aromatic N) is 4. The fraction of sp³-hybridized carbons (Fsp3) is 0.156. The van der Waals surface area contributed by atoms with Crippen LogP contribution in [0.4, 0.5) is 10.1 Å². The van der Waals surface area contributed by atoms with Crippen molar-refractivity contribution < 1.29 is 24.1 Å². The molecule has 2 aromatic carbocycles. The number of imidazole rings is 1. The quantitative estimate of drug-likeness (QED) is 0.246. The first-order valence-corrected chi connectivity index (χ1v) is 13.8. The first-order valence-electron chi connectivity index (χ1n) is 13.8. The van der Waals surface area contributed by atoms with Crippen molar-refractivity contribution in [3.05, 3.63) is 129 Å². The van der Waals surface area contributed by atoms with Crippen molar-refractivity contribution in [1.29, 1.82) is 0 Å². The van der Waals surface area contributed by atoms with E-state index in [0.29, 0.717) is 22.9 Å². The van der Waals surface area contributed by atoms with Crippen molar-refractivity contribution in [2.24, 2.45) is 7.05 Å². The molecule has 0 saturated heterocycles. The summed E-state index contributed by atoms with van der Waals surface area (Å²) in [6.45, 7) is 3.48. The molecule has 230 valence electrons. The lowest BCUT2D eigenvalue weighted by atomic mass is 10.1. The molecule has 0 spiro atoms. The number of rotatable bonds is 9. The summed E-state index contributed by atoms with van der Waals surface area (Å²) in [5.41, 5.74) is 0.737. The van der Waals surface area contributed by atoms with Gasteiger partial charge in [0, 0.05) is 55.1 Å². The molecule has 13 heteroatoms. The predicted octanol–water partition coefficient (Wildman–Crippen LogP) is 2.33. The Morgan fingerprint density at radius 2 is 1.87 bits per heavy atom. The van der Waals surface area contributed by atoms with Crippen LogP contribution in [0.5, 0.6) is 11.5 Å². The van der Waals surface area contributed by atoms with Crippen molar-refractivity contribution >= 4 is 23.4 Å². The number of hydrogen-bond donors (Lipinski definition) is 3. The average molecular weight is 613 g/mol. The number of allylic oxidation sites excluding steroid dienone is 3. The molecule has 2 aromatic heterocycles. The fourth-order valence-corrected chi connectivity index (χ4v) is 4.57. The molecule has 0 atom stereocenters. The Bertz CT molecular complexity index is 2000. The van der Waals surface area contributed by atoms with Gasteiger partial charge in [0.2, 0.25) is 0 Å². The van der Waals surface area contributed by atoms with E-state index in [1.165, 1.54) is 42.3 Å². The number of anilines is 1. The van der Waals surface area contributed by atoms with Crippen LogP contribution in [0.1, 0.15) is 35.9 Å². The first kappa shape index (κ1) is 30.5. The highest BCUT2D eigenvalue weighted by atomic mass is 19.1. The first-order chi connectivity index (χ1) is 21.6. The van der Waals surface area contributed by atoms with Crippen LogP contribution < -0.4 is 36.8 Å². The third-order valence-corrected chi connectivity index (χ3v) is 6.84. The Morgan fingerprint density at radius 1 is 1.11 bits per heavy atom. The van der Waals surface area contributed by atoms with Gasteiger partial charge in [0.1, 0.15) is 11.4 Å². The van der Waals surface area contributed by atoms with Crippen LogP contribution in [-0.2, 0) is 7.05 Å². The van der Waals surface area contributed by atoms with Crippen LogP contribution in [0.15, 0.2) is 101 Å². The van der Waals surface area contributed by atoms with Gasteiger partial charge in [-0.15, -0.1) is 0 Å². The van der Waals surface area contributed by atoms with E-state index in [-0.39, 0.29) is 23.0 Å². The molecule has 0 saturated carbocycles. The van der Waals surface area contributed by atoms with E-state index in [9.17, 15) is 18.8 Å². The van der Waals surface area contributed by atoms with Gasteiger partial charge in [-0.3, -0.25) is 19.6 Å². The van der Waals surface area contributed by atoms with Crippen LogP contribution in [0.2, 0.25) is 0 Å². The van der Waals surface area contributed by atoms with Gasteiger partial charge in [-0.1, -0.05) is 0 Å². The van der Waals surface area contributed by atoms with Gasteiger partial charge in [0.25, 0.3) is 11.5 Å². The highest BCUT2D eigenvalue weighted by Crippen LogP contribution is 2.34. The summed E-state index contributed by atoms with van der Waals surface area (Å²) < 4.78 is 29.3. The Labute approximate surface area is 256 Å². The molecule has 12 nitrogen and oxygen atoms in total. The second-order valence-electron chi connectivity index (χ2n) is 10.3. The van der Waals surface area contributed by atoms with E-state index >= 15 is 0 Å². The fourth-order valence-electron chi connectivity index (χ4n) is 4.57. The number of benzene rings is 2. The van der Waals surface area contributed by atoms with E-state index in [4.69, 9.17) is 14.9 Å². The van der Waals surface area contributed by atoms with Crippen molar-refractivity contribution in [3.63, 3.8) is 0 Å². The lowest BCUT2D eigenvalue weighted by Gasteiger charge is -2.20. The van der Waals surface area contributed by atoms with Gasteiger partial charge in [-0.2, -0.15) is 0 Å². The highest BCUT2D eigenvalue weighted by molar-refractivity contribution is 6.04. The number of aryl methyl sites for hydroxylation is 1. The van der Waals surface area contributed by atoms with Gasteiger partial charge >= 0.3 is 5.69 Å². The van der Waals surface area contributed by atoms with Gasteiger partial charge in [0.15, 0.2) is 23.5 Å². The number of nitrogens with two attached hydrogens (primary N) is 1. The minimum absolute atomic E-state index is 0.131. The summed E-state index contributed by atoms with van der Waals surface area (Å²) >= 11 is 0. The molecule has 1 aliphatic heterocycles. The number of carbonyl (C=O) groups is 1. The maximum Gasteiger partial charge on any atom is 0.335 e. The van der Waals surface area contributed by atoms with Crippen LogP contribution >= 0.6 is 0 Å². The zero-order chi connectivity index (χ0) is 32.2. The van der Waals surface area contributed by atoms with Gasteiger partial charge in [-0.05, 0) is 56.3 Å². The van der Waals surface area contributed by atoms with Crippen LogP contribution in [0.3, 0.4) is 0 Å². The summed E-state index contributed by atoms with van der Waals surface area (Å²) in [6.07, 6.45) is 11.4. The second-order valence-corrected chi connectivity index (χ2v) is 10.3. The number of halogens is 1. The molecule has 45 heavy (non-hydrogen) atoms. The van der Waals surface area contributed by atoms with Gasteiger partial charge in [-0.25, -0.2) is 18.7 Å². The molecular weight excluding hydrogens is 581 g/mol. The molecule has 4 N–H and O–H groups in total. The zero-order valence-corrected chi connectivity index (χ0v) is 24.9. The largest absolute Gasteiger partial charge is 0.493 e. The Kier molecular flexibility index (Phi) is 8.61. The van der Waals surface area contributed by atoms with Crippen molar-refractivity contribution in [2.45, 2.75) is 19.9 Å². The standard InChI is InChI=1S/C32H30FN7O5/c1-19(2)39-16-24(31(42)40(32(39)43)23-8-5-21(33)6-9-23)30(41)37-22-7-10-27(29(14-22)44-4)45-28-13-20(15-35-25(28)11-12-34)26-17-38(3)18-36-26/h5-19,34-35H,1-4H3,(H,37,41)/p+1/b25-11-,34-12?. The predicted molar refractivity (Wildman–Crippen MR) is 167 cm³/mol. The topological polar surface area (TPSA) is 147 Å². The number of aromatic nitrogens is 4. The smallest absolute Gasteiger partial charge is 0.335 e. The summed E-state index contributed by atoms with van der Waals surface area (Å²) in [5, 5.41) is 11.5. The summed E-state index contributed by atoms with van der Waals surface area (Å²) in [6, 6.07) is 9.20. The molecule has 1 aliphatic rings. The highest BCUT2D eigenvalue weighted by Gasteiger charge is 2.22. The lowest BCUT2D eigenvalue weighted by Crippen LogP contribution is -2.42. The molecule has 0 fully saturated rings. The Morgan fingerprint density at radius 3 is 2.51 bits per heavy atom. The zero-order valence-electron chi connectivity index (χ0n) is 24.9. The van der Waals surface area contributed by atoms with E-state index in [1.807, 2.05) is 17.8 Å². The van der Waals surface area contributed by atoms with Gasteiger partial charge in [0.05, 0.1) is 30.5 Å². The van der Waals surface area contributed by atoms with Crippen LogP contribution in [-0.4, -0.2) is 37.9 Å². The molecular formula is C32H31FN7O5+. The molecule has 3 heterocycles.